The molecule has 1 aromatic carbocycles. The number of amides is 1. The van der Waals surface area contributed by atoms with Crippen LogP contribution in [0.25, 0.3) is 0 Å². The van der Waals surface area contributed by atoms with Crippen LogP contribution in [0.4, 0.5) is 14.5 Å². The third-order valence-corrected chi connectivity index (χ3v) is 12.6. The average Bonchev–Trinajstić information content (AvgIpc) is 3.46. The Kier molecular flexibility index (Phi) is 6.70. The van der Waals surface area contributed by atoms with Crippen LogP contribution in [0.15, 0.2) is 12.1 Å². The van der Waals surface area contributed by atoms with Crippen molar-refractivity contribution in [2.45, 2.75) is 104 Å². The lowest BCUT2D eigenvalue weighted by molar-refractivity contribution is -0.174. The fourth-order valence-corrected chi connectivity index (χ4v) is 10.5. The molecule has 1 amide bonds. The Morgan fingerprint density at radius 1 is 1.08 bits per heavy atom. The molecule has 4 nitrogen and oxygen atoms in total. The molecule has 5 aliphatic rings. The van der Waals surface area contributed by atoms with Gasteiger partial charge in [0, 0.05) is 24.6 Å². The van der Waals surface area contributed by atoms with Gasteiger partial charge in [-0.15, -0.1) is 0 Å². The fourth-order valence-electron chi connectivity index (χ4n) is 10.5. The second-order valence-electron chi connectivity index (χ2n) is 14.1. The summed E-state index contributed by atoms with van der Waals surface area (Å²) in [6, 6.07) is 2.18. The number of aliphatic hydroxyl groups excluding tert-OH is 2. The highest BCUT2D eigenvalue weighted by atomic mass is 19.1. The van der Waals surface area contributed by atoms with Crippen molar-refractivity contribution in [3.05, 3.63) is 29.3 Å². The molecule has 0 unspecified atom stereocenters. The molecular formula is C32H45F2NO3. The number of aliphatic hydroxyl groups is 2. The summed E-state index contributed by atoms with van der Waals surface area (Å²) in [7, 11) is 0. The Balaban J connectivity index is 1.14. The van der Waals surface area contributed by atoms with Gasteiger partial charge in [0.15, 0.2) is 0 Å². The van der Waals surface area contributed by atoms with Gasteiger partial charge >= 0.3 is 0 Å². The molecule has 4 fully saturated rings. The van der Waals surface area contributed by atoms with E-state index in [1.165, 1.54) is 18.9 Å². The number of rotatable bonds is 4. The van der Waals surface area contributed by atoms with Crippen LogP contribution in [-0.2, 0) is 11.2 Å². The number of hydrogen-bond acceptors (Lipinski definition) is 3. The molecule has 38 heavy (non-hydrogen) atoms. The van der Waals surface area contributed by atoms with Crippen molar-refractivity contribution in [2.75, 3.05) is 11.4 Å². The standard InChI is InChI=1S/C32H45F2NO3/c1-18(4-9-30(38)35-13-11-23-27(34)15-20(33)16-28(23)35)24-7-8-25-22-6-5-19-14-21(36)10-12-31(19,2)26(22)17-29(37)32(24,25)3/h15-16,18-19,21-22,24-26,29,36-37H,4-14,17H2,1-3H3/t18-,19-,21-,22+,24-,25+,26+,29+,31+,32-/m1/s1. The maximum atomic E-state index is 14.2. The van der Waals surface area contributed by atoms with Gasteiger partial charge in [0.25, 0.3) is 0 Å². The Morgan fingerprint density at radius 3 is 2.66 bits per heavy atom. The van der Waals surface area contributed by atoms with Crippen LogP contribution in [0.5, 0.6) is 0 Å². The zero-order valence-corrected chi connectivity index (χ0v) is 23.3. The fraction of sp³-hybridized carbons (Fsp3) is 0.781. The first-order valence-corrected chi connectivity index (χ1v) is 15.2. The number of carbonyl (C=O) groups excluding carboxylic acids is 1. The van der Waals surface area contributed by atoms with Gasteiger partial charge in [0.1, 0.15) is 11.6 Å². The molecule has 0 aromatic heterocycles. The Labute approximate surface area is 226 Å². The monoisotopic (exact) mass is 529 g/mol. The van der Waals surface area contributed by atoms with Crippen LogP contribution < -0.4 is 4.90 Å². The van der Waals surface area contributed by atoms with Crippen molar-refractivity contribution in [1.29, 1.82) is 0 Å². The highest BCUT2D eigenvalue weighted by molar-refractivity contribution is 5.95. The van der Waals surface area contributed by atoms with Gasteiger partial charge < -0.3 is 15.1 Å². The van der Waals surface area contributed by atoms with Crippen LogP contribution in [0.2, 0.25) is 0 Å². The highest BCUT2D eigenvalue weighted by Crippen LogP contribution is 2.68. The summed E-state index contributed by atoms with van der Waals surface area (Å²) >= 11 is 0. The van der Waals surface area contributed by atoms with Crippen molar-refractivity contribution in [3.63, 3.8) is 0 Å². The van der Waals surface area contributed by atoms with Crippen molar-refractivity contribution >= 4 is 11.6 Å². The lowest BCUT2D eigenvalue weighted by Gasteiger charge is -2.62. The van der Waals surface area contributed by atoms with Crippen molar-refractivity contribution < 1.29 is 23.8 Å². The number of halogens is 2. The summed E-state index contributed by atoms with van der Waals surface area (Å²) in [6.45, 7) is 7.42. The summed E-state index contributed by atoms with van der Waals surface area (Å²) in [5, 5.41) is 22.1. The molecule has 0 bridgehead atoms. The van der Waals surface area contributed by atoms with Crippen LogP contribution in [0.1, 0.15) is 90.5 Å². The SMILES string of the molecule is C[C@H](CCC(=O)N1CCc2c(F)cc(F)cc21)[C@H]1CC[C@H]2[C@@H]3CC[C@@H]4C[C@H](O)CC[C@]4(C)[C@H]3C[C@H](O)[C@]12C. The van der Waals surface area contributed by atoms with Gasteiger partial charge in [-0.1, -0.05) is 20.8 Å². The summed E-state index contributed by atoms with van der Waals surface area (Å²) in [5.74, 6) is 1.67. The zero-order valence-electron chi connectivity index (χ0n) is 23.3. The van der Waals surface area contributed by atoms with E-state index < -0.39 is 11.6 Å². The topological polar surface area (TPSA) is 60.8 Å². The minimum atomic E-state index is -0.642. The van der Waals surface area contributed by atoms with E-state index in [-0.39, 0.29) is 28.9 Å². The van der Waals surface area contributed by atoms with E-state index in [2.05, 4.69) is 20.8 Å². The van der Waals surface area contributed by atoms with E-state index >= 15 is 0 Å². The summed E-state index contributed by atoms with van der Waals surface area (Å²) < 4.78 is 28.0. The number of benzene rings is 1. The summed E-state index contributed by atoms with van der Waals surface area (Å²) in [4.78, 5) is 14.7. The van der Waals surface area contributed by atoms with Crippen LogP contribution in [-0.4, -0.2) is 34.9 Å². The molecule has 4 aliphatic carbocycles. The molecule has 4 saturated carbocycles. The zero-order chi connectivity index (χ0) is 27.0. The third kappa shape index (κ3) is 3.98. The smallest absolute Gasteiger partial charge is 0.227 e. The van der Waals surface area contributed by atoms with Gasteiger partial charge in [-0.2, -0.15) is 0 Å². The van der Waals surface area contributed by atoms with E-state index in [1.807, 2.05) is 0 Å². The molecule has 10 atom stereocenters. The van der Waals surface area contributed by atoms with Crippen LogP contribution >= 0.6 is 0 Å². The largest absolute Gasteiger partial charge is 0.393 e. The number of hydrogen-bond donors (Lipinski definition) is 2. The predicted molar refractivity (Wildman–Crippen MR) is 143 cm³/mol. The minimum absolute atomic E-state index is 0.0599. The number of fused-ring (bicyclic) bond motifs is 6. The average molecular weight is 530 g/mol. The molecule has 0 radical (unpaired) electrons. The minimum Gasteiger partial charge on any atom is -0.393 e. The van der Waals surface area contributed by atoms with E-state index in [9.17, 15) is 23.8 Å². The normalized spacial score (nSPS) is 42.7. The first-order chi connectivity index (χ1) is 18.0. The van der Waals surface area contributed by atoms with Gasteiger partial charge in [-0.05, 0) is 117 Å². The second-order valence-corrected chi connectivity index (χ2v) is 14.1. The van der Waals surface area contributed by atoms with Crippen molar-refractivity contribution in [2.24, 2.45) is 46.3 Å². The maximum Gasteiger partial charge on any atom is 0.227 e. The van der Waals surface area contributed by atoms with Gasteiger partial charge in [0.05, 0.1) is 17.9 Å². The molecule has 6 heteroatoms. The number of nitrogens with zero attached hydrogens (tertiary/aromatic N) is 1. The molecule has 2 N–H and O–H groups in total. The molecule has 0 spiro atoms. The number of anilines is 1. The maximum absolute atomic E-state index is 14.2. The van der Waals surface area contributed by atoms with Crippen LogP contribution in [0.3, 0.4) is 0 Å². The molecule has 6 rings (SSSR count). The lowest BCUT2D eigenvalue weighted by atomic mass is 9.43. The van der Waals surface area contributed by atoms with Crippen LogP contribution in [0, 0.1) is 58.0 Å². The Bertz CT molecular complexity index is 1090. The van der Waals surface area contributed by atoms with E-state index in [0.29, 0.717) is 66.1 Å². The molecular weight excluding hydrogens is 484 g/mol. The molecule has 1 aliphatic heterocycles. The van der Waals surface area contributed by atoms with E-state index in [1.54, 1.807) is 4.90 Å². The van der Waals surface area contributed by atoms with Gasteiger partial charge in [-0.25, -0.2) is 8.78 Å². The van der Waals surface area contributed by atoms with E-state index in [4.69, 9.17) is 0 Å². The van der Waals surface area contributed by atoms with E-state index in [0.717, 1.165) is 51.0 Å². The molecule has 1 heterocycles. The second kappa shape index (κ2) is 9.54. The Morgan fingerprint density at radius 2 is 1.87 bits per heavy atom. The summed E-state index contributed by atoms with van der Waals surface area (Å²) in [6.07, 6.45) is 9.44. The van der Waals surface area contributed by atoms with Gasteiger partial charge in [-0.3, -0.25) is 4.79 Å². The quantitative estimate of drug-likeness (QED) is 0.484. The molecule has 210 valence electrons. The number of carbonyl (C=O) groups is 1. The highest BCUT2D eigenvalue weighted by Gasteiger charge is 2.63. The first kappa shape index (κ1) is 26.7. The first-order valence-electron chi connectivity index (χ1n) is 15.2. The lowest BCUT2D eigenvalue weighted by Crippen LogP contribution is -2.58. The Hall–Kier alpha value is -1.53. The predicted octanol–water partition coefficient (Wildman–Crippen LogP) is 6.26. The molecule has 1 aromatic rings. The van der Waals surface area contributed by atoms with Crippen molar-refractivity contribution in [3.8, 4) is 0 Å². The van der Waals surface area contributed by atoms with Gasteiger partial charge in [0.2, 0.25) is 5.91 Å². The van der Waals surface area contributed by atoms with Crippen molar-refractivity contribution in [1.82, 2.24) is 0 Å². The molecule has 0 saturated heterocycles. The third-order valence-electron chi connectivity index (χ3n) is 12.6. The summed E-state index contributed by atoms with van der Waals surface area (Å²) in [5.41, 5.74) is 0.926.